The van der Waals surface area contributed by atoms with E-state index in [-0.39, 0.29) is 10.9 Å². The summed E-state index contributed by atoms with van der Waals surface area (Å²) in [4.78, 5) is 22.2. The summed E-state index contributed by atoms with van der Waals surface area (Å²) in [5.74, 6) is -1.15. The minimum atomic E-state index is -1.15. The van der Waals surface area contributed by atoms with Crippen molar-refractivity contribution in [3.8, 4) is 0 Å². The second-order valence-electron chi connectivity index (χ2n) is 2.70. The van der Waals surface area contributed by atoms with Crippen LogP contribution in [0.2, 0.25) is 5.15 Å². The van der Waals surface area contributed by atoms with Gasteiger partial charge in [0.05, 0.1) is 0 Å². The Morgan fingerprint density at radius 2 is 2.20 bits per heavy atom. The molecule has 0 aromatic carbocycles. The quantitative estimate of drug-likeness (QED) is 0.609. The first-order valence-corrected chi connectivity index (χ1v) is 4.25. The molecule has 2 aromatic heterocycles. The monoisotopic (exact) mass is 224 g/mol. The SMILES string of the molecule is C=C(C(=O)O)n1cnc2c(Cl)ncnc21. The van der Waals surface area contributed by atoms with Crippen molar-refractivity contribution < 1.29 is 9.90 Å². The molecule has 0 saturated heterocycles. The van der Waals surface area contributed by atoms with Crippen LogP contribution in [0, 0.1) is 0 Å². The lowest BCUT2D eigenvalue weighted by molar-refractivity contribution is -0.130. The number of nitrogens with zero attached hydrogens (tertiary/aromatic N) is 4. The Kier molecular flexibility index (Phi) is 2.12. The zero-order valence-corrected chi connectivity index (χ0v) is 8.14. The number of imidazole rings is 1. The Bertz CT molecular complexity index is 563. The van der Waals surface area contributed by atoms with Gasteiger partial charge in [-0.1, -0.05) is 18.2 Å². The Labute approximate surface area is 88.9 Å². The maximum atomic E-state index is 10.7. The van der Waals surface area contributed by atoms with E-state index in [0.29, 0.717) is 11.2 Å². The van der Waals surface area contributed by atoms with E-state index in [4.69, 9.17) is 16.7 Å². The van der Waals surface area contributed by atoms with Gasteiger partial charge in [-0.25, -0.2) is 19.7 Å². The van der Waals surface area contributed by atoms with Gasteiger partial charge in [0, 0.05) is 0 Å². The van der Waals surface area contributed by atoms with Crippen LogP contribution in [-0.2, 0) is 4.79 Å². The molecule has 2 aromatic rings. The molecule has 15 heavy (non-hydrogen) atoms. The molecule has 0 fully saturated rings. The smallest absolute Gasteiger partial charge is 0.352 e. The number of aromatic nitrogens is 4. The fraction of sp³-hybridized carbons (Fsp3) is 0. The van der Waals surface area contributed by atoms with Gasteiger partial charge in [-0.15, -0.1) is 0 Å². The molecule has 6 nitrogen and oxygen atoms in total. The molecule has 0 bridgehead atoms. The largest absolute Gasteiger partial charge is 0.477 e. The molecular formula is C8H5ClN4O2. The van der Waals surface area contributed by atoms with E-state index >= 15 is 0 Å². The van der Waals surface area contributed by atoms with Crippen LogP contribution in [0.4, 0.5) is 0 Å². The number of halogens is 1. The summed E-state index contributed by atoms with van der Waals surface area (Å²) in [5.41, 5.74) is 0.524. The number of carboxylic acid groups (broad SMARTS) is 1. The van der Waals surface area contributed by atoms with Gasteiger partial charge in [0.25, 0.3) is 0 Å². The van der Waals surface area contributed by atoms with Gasteiger partial charge in [-0.05, 0) is 0 Å². The zero-order chi connectivity index (χ0) is 11.0. The van der Waals surface area contributed by atoms with E-state index in [1.54, 1.807) is 0 Å². The second kappa shape index (κ2) is 3.32. The first kappa shape index (κ1) is 9.60. The first-order valence-electron chi connectivity index (χ1n) is 3.87. The molecule has 1 N–H and O–H groups in total. The standard InChI is InChI=1S/C8H5ClN4O2/c1-4(8(14)15)13-3-12-5-6(9)10-2-11-7(5)13/h2-3H,1H2,(H,14,15). The molecule has 0 spiro atoms. The second-order valence-corrected chi connectivity index (χ2v) is 3.06. The van der Waals surface area contributed by atoms with Crippen LogP contribution in [0.5, 0.6) is 0 Å². The molecule has 0 aliphatic carbocycles. The normalized spacial score (nSPS) is 10.5. The van der Waals surface area contributed by atoms with Crippen LogP contribution in [-0.4, -0.2) is 30.6 Å². The highest BCUT2D eigenvalue weighted by atomic mass is 35.5. The maximum absolute atomic E-state index is 10.7. The van der Waals surface area contributed by atoms with E-state index in [0.717, 1.165) is 0 Å². The summed E-state index contributed by atoms with van der Waals surface area (Å²) in [5, 5.41) is 8.94. The van der Waals surface area contributed by atoms with Crippen molar-refractivity contribution in [1.82, 2.24) is 19.5 Å². The molecule has 0 aliphatic heterocycles. The lowest BCUT2D eigenvalue weighted by atomic mass is 10.4. The van der Waals surface area contributed by atoms with Crippen molar-refractivity contribution in [3.63, 3.8) is 0 Å². The highest BCUT2D eigenvalue weighted by molar-refractivity contribution is 6.33. The number of carbonyl (C=O) groups is 1. The predicted octanol–water partition coefficient (Wildman–Crippen LogP) is 1.03. The van der Waals surface area contributed by atoms with E-state index in [9.17, 15) is 4.79 Å². The van der Waals surface area contributed by atoms with Crippen molar-refractivity contribution in [3.05, 3.63) is 24.4 Å². The van der Waals surface area contributed by atoms with E-state index in [1.807, 2.05) is 0 Å². The molecule has 76 valence electrons. The highest BCUT2D eigenvalue weighted by Gasteiger charge is 2.13. The van der Waals surface area contributed by atoms with Crippen molar-refractivity contribution in [2.45, 2.75) is 0 Å². The topological polar surface area (TPSA) is 80.9 Å². The van der Waals surface area contributed by atoms with Crippen LogP contribution in [0.25, 0.3) is 16.9 Å². The summed E-state index contributed by atoms with van der Waals surface area (Å²) in [6, 6.07) is 0. The average Bonchev–Trinajstić information content (AvgIpc) is 2.61. The van der Waals surface area contributed by atoms with Crippen molar-refractivity contribution in [1.29, 1.82) is 0 Å². The van der Waals surface area contributed by atoms with Crippen molar-refractivity contribution >= 4 is 34.4 Å². The number of fused-ring (bicyclic) bond motifs is 1. The van der Waals surface area contributed by atoms with Crippen LogP contribution in [0.3, 0.4) is 0 Å². The third-order valence-electron chi connectivity index (χ3n) is 1.83. The van der Waals surface area contributed by atoms with Gasteiger partial charge in [0.2, 0.25) is 0 Å². The van der Waals surface area contributed by atoms with Gasteiger partial charge in [-0.3, -0.25) is 4.57 Å². The van der Waals surface area contributed by atoms with Crippen molar-refractivity contribution in [2.24, 2.45) is 0 Å². The van der Waals surface area contributed by atoms with Crippen LogP contribution < -0.4 is 0 Å². The van der Waals surface area contributed by atoms with Gasteiger partial charge in [0.1, 0.15) is 23.9 Å². The Morgan fingerprint density at radius 3 is 2.87 bits per heavy atom. The molecule has 2 rings (SSSR count). The predicted molar refractivity (Wildman–Crippen MR) is 53.3 cm³/mol. The summed E-state index contributed by atoms with van der Waals surface area (Å²) in [6.45, 7) is 3.40. The number of carboxylic acids is 1. The molecule has 0 radical (unpaired) electrons. The van der Waals surface area contributed by atoms with Gasteiger partial charge in [0.15, 0.2) is 10.8 Å². The summed E-state index contributed by atoms with van der Waals surface area (Å²) >= 11 is 5.75. The molecule has 0 saturated carbocycles. The third kappa shape index (κ3) is 1.44. The number of rotatable bonds is 2. The molecule has 0 atom stereocenters. The van der Waals surface area contributed by atoms with Gasteiger partial charge in [-0.2, -0.15) is 0 Å². The first-order chi connectivity index (χ1) is 7.11. The van der Waals surface area contributed by atoms with Crippen LogP contribution in [0.1, 0.15) is 0 Å². The van der Waals surface area contributed by atoms with Crippen LogP contribution in [0.15, 0.2) is 19.2 Å². The summed E-state index contributed by atoms with van der Waals surface area (Å²) in [7, 11) is 0. The lowest BCUT2D eigenvalue weighted by Gasteiger charge is -2.00. The third-order valence-corrected chi connectivity index (χ3v) is 2.10. The summed E-state index contributed by atoms with van der Waals surface area (Å²) < 4.78 is 1.24. The minimum Gasteiger partial charge on any atom is -0.477 e. The lowest BCUT2D eigenvalue weighted by Crippen LogP contribution is -2.05. The van der Waals surface area contributed by atoms with Gasteiger partial charge < -0.3 is 5.11 Å². The molecule has 0 amide bonds. The maximum Gasteiger partial charge on any atom is 0.352 e. The average molecular weight is 225 g/mol. The zero-order valence-electron chi connectivity index (χ0n) is 7.38. The fourth-order valence-electron chi connectivity index (χ4n) is 1.11. The number of hydrogen-bond acceptors (Lipinski definition) is 4. The number of hydrogen-bond donors (Lipinski definition) is 1. The minimum absolute atomic E-state index is 0.146. The Morgan fingerprint density at radius 1 is 1.47 bits per heavy atom. The molecule has 7 heteroatoms. The molecule has 0 unspecified atom stereocenters. The fourth-order valence-corrected chi connectivity index (χ4v) is 1.28. The van der Waals surface area contributed by atoms with Gasteiger partial charge >= 0.3 is 5.97 Å². The van der Waals surface area contributed by atoms with Crippen molar-refractivity contribution in [2.75, 3.05) is 0 Å². The Balaban J connectivity index is 2.69. The number of aliphatic carboxylic acids is 1. The molecule has 0 aliphatic rings. The van der Waals surface area contributed by atoms with Crippen LogP contribution >= 0.6 is 11.6 Å². The molecule has 2 heterocycles. The highest BCUT2D eigenvalue weighted by Crippen LogP contribution is 2.19. The van der Waals surface area contributed by atoms with E-state index in [1.165, 1.54) is 17.2 Å². The van der Waals surface area contributed by atoms with E-state index in [2.05, 4.69) is 21.5 Å². The summed E-state index contributed by atoms with van der Waals surface area (Å²) in [6.07, 6.45) is 2.53. The van der Waals surface area contributed by atoms with E-state index < -0.39 is 5.97 Å². The Hall–Kier alpha value is -1.95. The molecular weight excluding hydrogens is 220 g/mol.